The Labute approximate surface area is 164 Å². The highest BCUT2D eigenvalue weighted by molar-refractivity contribution is 5.74. The number of carbonyl (C=O) groups is 2. The van der Waals surface area contributed by atoms with Crippen molar-refractivity contribution in [3.8, 4) is 5.75 Å². The Morgan fingerprint density at radius 2 is 1.14 bits per heavy atom. The third kappa shape index (κ3) is 14.1. The summed E-state index contributed by atoms with van der Waals surface area (Å²) in [5, 5.41) is 8.37. The van der Waals surface area contributed by atoms with Crippen molar-refractivity contribution in [3.05, 3.63) is 29.8 Å². The summed E-state index contributed by atoms with van der Waals surface area (Å²) in [5.74, 6) is -0.302. The number of carboxylic acid groups (broad SMARTS) is 1. The van der Waals surface area contributed by atoms with E-state index in [4.69, 9.17) is 33.5 Å². The van der Waals surface area contributed by atoms with Gasteiger partial charge in [0.25, 0.3) is 0 Å². The largest absolute Gasteiger partial charge is 0.491 e. The van der Waals surface area contributed by atoms with Crippen molar-refractivity contribution >= 4 is 12.3 Å². The fraction of sp³-hybridized carbons (Fsp3) is 0.579. The van der Waals surface area contributed by atoms with Crippen molar-refractivity contribution in [3.63, 3.8) is 0 Å². The fourth-order valence-electron chi connectivity index (χ4n) is 1.90. The number of aliphatic carboxylic acids is 1. The number of carboxylic acids is 1. The Morgan fingerprint density at radius 1 is 0.714 bits per heavy atom. The van der Waals surface area contributed by atoms with E-state index in [1.807, 2.05) is 0 Å². The van der Waals surface area contributed by atoms with E-state index in [0.717, 1.165) is 6.29 Å². The van der Waals surface area contributed by atoms with E-state index in [0.29, 0.717) is 70.8 Å². The molecular weight excluding hydrogens is 372 g/mol. The summed E-state index contributed by atoms with van der Waals surface area (Å²) in [6, 6.07) is 6.88. The molecule has 0 spiro atoms. The van der Waals surface area contributed by atoms with Gasteiger partial charge in [0.05, 0.1) is 59.5 Å². The van der Waals surface area contributed by atoms with E-state index in [9.17, 15) is 9.59 Å². The van der Waals surface area contributed by atoms with Crippen LogP contribution in [0, 0.1) is 0 Å². The monoisotopic (exact) mass is 400 g/mol. The SMILES string of the molecule is O=Cc1ccc(OCCOCCOCCOCCOCCOCC(=O)O)cc1. The van der Waals surface area contributed by atoms with Crippen LogP contribution < -0.4 is 4.74 Å². The summed E-state index contributed by atoms with van der Waals surface area (Å²) in [6.07, 6.45) is 0.786. The number of rotatable bonds is 19. The maximum Gasteiger partial charge on any atom is 0.329 e. The lowest BCUT2D eigenvalue weighted by molar-refractivity contribution is -0.142. The standard InChI is InChI=1S/C19H28O9/c20-15-17-1-3-18(4-2-17)28-14-13-26-10-9-24-6-5-23-7-8-25-11-12-27-16-19(21)22/h1-4,15H,5-14,16H2,(H,21,22). The molecule has 0 aromatic heterocycles. The minimum atomic E-state index is -0.996. The van der Waals surface area contributed by atoms with Gasteiger partial charge in [0.15, 0.2) is 0 Å². The molecule has 0 unspecified atom stereocenters. The highest BCUT2D eigenvalue weighted by Gasteiger charge is 1.97. The van der Waals surface area contributed by atoms with Crippen LogP contribution in [0.4, 0.5) is 0 Å². The quantitative estimate of drug-likeness (QED) is 0.269. The molecule has 0 aliphatic carbocycles. The zero-order chi connectivity index (χ0) is 20.3. The lowest BCUT2D eigenvalue weighted by Gasteiger charge is -2.08. The molecule has 158 valence electrons. The first-order valence-corrected chi connectivity index (χ1v) is 9.01. The van der Waals surface area contributed by atoms with E-state index < -0.39 is 5.97 Å². The van der Waals surface area contributed by atoms with Gasteiger partial charge in [-0.25, -0.2) is 4.79 Å². The molecule has 1 rings (SSSR count). The van der Waals surface area contributed by atoms with Gasteiger partial charge in [0.1, 0.15) is 25.2 Å². The number of benzene rings is 1. The second-order valence-corrected chi connectivity index (χ2v) is 5.43. The normalized spacial score (nSPS) is 10.7. The van der Waals surface area contributed by atoms with E-state index in [1.165, 1.54) is 0 Å². The summed E-state index contributed by atoms with van der Waals surface area (Å²) < 4.78 is 31.6. The average molecular weight is 400 g/mol. The van der Waals surface area contributed by atoms with Crippen LogP contribution in [0.2, 0.25) is 0 Å². The zero-order valence-electron chi connectivity index (χ0n) is 15.9. The number of ether oxygens (including phenoxy) is 6. The maximum atomic E-state index is 10.5. The first-order chi connectivity index (χ1) is 13.7. The maximum absolute atomic E-state index is 10.5. The molecule has 0 radical (unpaired) electrons. The molecule has 28 heavy (non-hydrogen) atoms. The third-order valence-corrected chi connectivity index (χ3v) is 3.23. The van der Waals surface area contributed by atoms with E-state index >= 15 is 0 Å². The van der Waals surface area contributed by atoms with Crippen LogP contribution in [0.1, 0.15) is 10.4 Å². The second-order valence-electron chi connectivity index (χ2n) is 5.43. The van der Waals surface area contributed by atoms with Gasteiger partial charge < -0.3 is 33.5 Å². The molecule has 0 saturated carbocycles. The van der Waals surface area contributed by atoms with Crippen molar-refractivity contribution in [2.45, 2.75) is 0 Å². The Morgan fingerprint density at radius 3 is 1.57 bits per heavy atom. The molecule has 9 heteroatoms. The van der Waals surface area contributed by atoms with Gasteiger partial charge >= 0.3 is 5.97 Å². The van der Waals surface area contributed by atoms with Gasteiger partial charge in [-0.1, -0.05) is 0 Å². The number of aldehydes is 1. The molecule has 0 amide bonds. The Hall–Kier alpha value is -2.04. The van der Waals surface area contributed by atoms with E-state index in [-0.39, 0.29) is 13.2 Å². The number of hydrogen-bond acceptors (Lipinski definition) is 8. The third-order valence-electron chi connectivity index (χ3n) is 3.23. The second kappa shape index (κ2) is 17.1. The van der Waals surface area contributed by atoms with Gasteiger partial charge in [-0.05, 0) is 24.3 Å². The van der Waals surface area contributed by atoms with Crippen LogP contribution in [0.15, 0.2) is 24.3 Å². The first-order valence-electron chi connectivity index (χ1n) is 9.01. The number of hydrogen-bond donors (Lipinski definition) is 1. The minimum absolute atomic E-state index is 0.243. The van der Waals surface area contributed by atoms with Gasteiger partial charge in [0.2, 0.25) is 0 Å². The van der Waals surface area contributed by atoms with Crippen LogP contribution in [0.3, 0.4) is 0 Å². The predicted octanol–water partition coefficient (Wildman–Crippen LogP) is 1.05. The van der Waals surface area contributed by atoms with Crippen LogP contribution in [0.5, 0.6) is 5.75 Å². The highest BCUT2D eigenvalue weighted by Crippen LogP contribution is 2.10. The molecule has 0 aliphatic heterocycles. The smallest absolute Gasteiger partial charge is 0.329 e. The molecule has 0 heterocycles. The summed E-state index contributed by atoms with van der Waals surface area (Å²) in [5.41, 5.74) is 0.611. The molecule has 1 aromatic carbocycles. The van der Waals surface area contributed by atoms with E-state index in [2.05, 4.69) is 0 Å². The molecule has 1 N–H and O–H groups in total. The zero-order valence-corrected chi connectivity index (χ0v) is 15.9. The first kappa shape index (κ1) is 24.0. The topological polar surface area (TPSA) is 110 Å². The van der Waals surface area contributed by atoms with Crippen molar-refractivity contribution in [2.75, 3.05) is 72.7 Å². The Bertz CT molecular complexity index is 519. The summed E-state index contributed by atoms with van der Waals surface area (Å²) in [6.45, 7) is 3.83. The Balaban J connectivity index is 1.76. The lowest BCUT2D eigenvalue weighted by Crippen LogP contribution is -2.15. The fourth-order valence-corrected chi connectivity index (χ4v) is 1.90. The summed E-state index contributed by atoms with van der Waals surface area (Å²) in [4.78, 5) is 20.7. The van der Waals surface area contributed by atoms with Crippen molar-refractivity contribution in [2.24, 2.45) is 0 Å². The molecule has 0 atom stereocenters. The summed E-state index contributed by atoms with van der Waals surface area (Å²) >= 11 is 0. The molecule has 0 aliphatic rings. The lowest BCUT2D eigenvalue weighted by atomic mass is 10.2. The Kier molecular flexibility index (Phi) is 14.6. The van der Waals surface area contributed by atoms with Crippen molar-refractivity contribution in [1.82, 2.24) is 0 Å². The van der Waals surface area contributed by atoms with Crippen LogP contribution >= 0.6 is 0 Å². The van der Waals surface area contributed by atoms with Crippen molar-refractivity contribution in [1.29, 1.82) is 0 Å². The van der Waals surface area contributed by atoms with Gasteiger partial charge in [0, 0.05) is 5.56 Å². The molecule has 0 saturated heterocycles. The minimum Gasteiger partial charge on any atom is -0.491 e. The average Bonchev–Trinajstić information content (AvgIpc) is 2.70. The van der Waals surface area contributed by atoms with Crippen LogP contribution in [-0.4, -0.2) is 90.0 Å². The van der Waals surface area contributed by atoms with Gasteiger partial charge in [-0.3, -0.25) is 4.79 Å². The van der Waals surface area contributed by atoms with E-state index in [1.54, 1.807) is 24.3 Å². The number of carbonyl (C=O) groups excluding carboxylic acids is 1. The van der Waals surface area contributed by atoms with Crippen LogP contribution in [-0.2, 0) is 28.5 Å². The summed E-state index contributed by atoms with van der Waals surface area (Å²) in [7, 11) is 0. The molecule has 9 nitrogen and oxygen atoms in total. The van der Waals surface area contributed by atoms with Crippen molar-refractivity contribution < 1.29 is 43.1 Å². The van der Waals surface area contributed by atoms with Crippen LogP contribution in [0.25, 0.3) is 0 Å². The van der Waals surface area contributed by atoms with Gasteiger partial charge in [-0.2, -0.15) is 0 Å². The molecular formula is C19H28O9. The molecule has 1 aromatic rings. The van der Waals surface area contributed by atoms with Gasteiger partial charge in [-0.15, -0.1) is 0 Å². The molecule has 0 bridgehead atoms. The molecule has 0 fully saturated rings. The predicted molar refractivity (Wildman–Crippen MR) is 99.1 cm³/mol. The highest BCUT2D eigenvalue weighted by atomic mass is 16.6.